The van der Waals surface area contributed by atoms with Crippen LogP contribution in [-0.2, 0) is 19.1 Å². The molecule has 0 aliphatic heterocycles. The number of ether oxygens (including phenoxy) is 2. The first kappa shape index (κ1) is 14.3. The van der Waals surface area contributed by atoms with Gasteiger partial charge >= 0.3 is 11.9 Å². The number of hydrogen-bond acceptors (Lipinski definition) is 4. The number of rotatable bonds is 5. The van der Waals surface area contributed by atoms with Crippen molar-refractivity contribution in [3.63, 3.8) is 0 Å². The summed E-state index contributed by atoms with van der Waals surface area (Å²) in [4.78, 5) is 21.8. The Morgan fingerprint density at radius 3 is 2.28 bits per heavy atom. The molecule has 1 saturated carbocycles. The summed E-state index contributed by atoms with van der Waals surface area (Å²) in [6.45, 7) is 5.34. The SMILES string of the molecule is C=C(C)OC1(OC(=O)C=CC(=O)O)CCCCC1. The van der Waals surface area contributed by atoms with Crippen LogP contribution in [0.2, 0.25) is 0 Å². The van der Waals surface area contributed by atoms with Crippen LogP contribution in [0.4, 0.5) is 0 Å². The van der Waals surface area contributed by atoms with Gasteiger partial charge in [0.15, 0.2) is 0 Å². The van der Waals surface area contributed by atoms with Crippen LogP contribution in [-0.4, -0.2) is 22.8 Å². The molecule has 0 aromatic carbocycles. The summed E-state index contributed by atoms with van der Waals surface area (Å²) in [6, 6.07) is 0. The molecule has 0 heterocycles. The van der Waals surface area contributed by atoms with Gasteiger partial charge in [0.25, 0.3) is 5.79 Å². The Morgan fingerprint density at radius 1 is 1.17 bits per heavy atom. The van der Waals surface area contributed by atoms with Gasteiger partial charge in [-0.3, -0.25) is 0 Å². The van der Waals surface area contributed by atoms with Gasteiger partial charge in [0.05, 0.1) is 5.76 Å². The first-order chi connectivity index (χ1) is 8.43. The average molecular weight is 254 g/mol. The van der Waals surface area contributed by atoms with E-state index >= 15 is 0 Å². The van der Waals surface area contributed by atoms with E-state index in [4.69, 9.17) is 14.6 Å². The summed E-state index contributed by atoms with van der Waals surface area (Å²) < 4.78 is 10.8. The molecular weight excluding hydrogens is 236 g/mol. The van der Waals surface area contributed by atoms with Gasteiger partial charge in [-0.1, -0.05) is 13.0 Å². The highest BCUT2D eigenvalue weighted by Gasteiger charge is 2.37. The van der Waals surface area contributed by atoms with Crippen LogP contribution in [0.15, 0.2) is 24.5 Å². The minimum absolute atomic E-state index is 0.479. The lowest BCUT2D eigenvalue weighted by atomic mass is 9.94. The van der Waals surface area contributed by atoms with Crippen LogP contribution in [0.25, 0.3) is 0 Å². The quantitative estimate of drug-likeness (QED) is 0.353. The fourth-order valence-electron chi connectivity index (χ4n) is 1.99. The number of carbonyl (C=O) groups is 2. The molecule has 1 aliphatic carbocycles. The van der Waals surface area contributed by atoms with E-state index in [9.17, 15) is 9.59 Å². The zero-order valence-corrected chi connectivity index (χ0v) is 10.5. The van der Waals surface area contributed by atoms with Crippen molar-refractivity contribution in [2.45, 2.75) is 44.8 Å². The maximum absolute atomic E-state index is 11.5. The molecule has 0 unspecified atom stereocenters. The summed E-state index contributed by atoms with van der Waals surface area (Å²) in [5.41, 5.74) is 0. The maximum Gasteiger partial charge on any atom is 0.334 e. The molecule has 1 N–H and O–H groups in total. The smallest absolute Gasteiger partial charge is 0.334 e. The standard InChI is InChI=1S/C13H18O5/c1-10(2)17-13(8-4-3-5-9-13)18-12(16)7-6-11(14)15/h6-7H,1,3-5,8-9H2,2H3,(H,14,15). The molecule has 5 heteroatoms. The fourth-order valence-corrected chi connectivity index (χ4v) is 1.99. The number of esters is 1. The maximum atomic E-state index is 11.5. The summed E-state index contributed by atoms with van der Waals surface area (Å²) in [7, 11) is 0. The number of allylic oxidation sites excluding steroid dienone is 1. The zero-order chi connectivity index (χ0) is 13.6. The molecule has 0 aromatic heterocycles. The Balaban J connectivity index is 2.69. The van der Waals surface area contributed by atoms with E-state index < -0.39 is 17.7 Å². The number of aliphatic carboxylic acids is 1. The Morgan fingerprint density at radius 2 is 1.78 bits per heavy atom. The highest BCUT2D eigenvalue weighted by atomic mass is 16.7. The highest BCUT2D eigenvalue weighted by molar-refractivity contribution is 5.90. The van der Waals surface area contributed by atoms with Crippen molar-refractivity contribution >= 4 is 11.9 Å². The molecule has 0 aromatic rings. The van der Waals surface area contributed by atoms with Crippen LogP contribution in [0, 0.1) is 0 Å². The summed E-state index contributed by atoms with van der Waals surface area (Å²) in [6.07, 6.45) is 5.73. The van der Waals surface area contributed by atoms with Crippen LogP contribution >= 0.6 is 0 Å². The van der Waals surface area contributed by atoms with Gasteiger partial charge in [-0.15, -0.1) is 0 Å². The molecular formula is C13H18O5. The van der Waals surface area contributed by atoms with Gasteiger partial charge in [-0.25, -0.2) is 9.59 Å². The molecule has 0 radical (unpaired) electrons. The molecule has 1 rings (SSSR count). The molecule has 100 valence electrons. The van der Waals surface area contributed by atoms with E-state index in [0.717, 1.165) is 31.4 Å². The predicted molar refractivity (Wildman–Crippen MR) is 64.6 cm³/mol. The van der Waals surface area contributed by atoms with E-state index in [1.54, 1.807) is 6.92 Å². The second-order valence-corrected chi connectivity index (χ2v) is 4.37. The van der Waals surface area contributed by atoms with Gasteiger partial charge in [0.1, 0.15) is 0 Å². The topological polar surface area (TPSA) is 72.8 Å². The summed E-state index contributed by atoms with van der Waals surface area (Å²) >= 11 is 0. The Labute approximate surface area is 106 Å². The number of hydrogen-bond donors (Lipinski definition) is 1. The normalized spacial score (nSPS) is 18.3. The minimum Gasteiger partial charge on any atom is -0.478 e. The fraction of sp³-hybridized carbons (Fsp3) is 0.538. The molecule has 1 fully saturated rings. The molecule has 18 heavy (non-hydrogen) atoms. The van der Waals surface area contributed by atoms with E-state index in [-0.39, 0.29) is 0 Å². The zero-order valence-electron chi connectivity index (χ0n) is 10.5. The second-order valence-electron chi connectivity index (χ2n) is 4.37. The van der Waals surface area contributed by atoms with Gasteiger partial charge < -0.3 is 14.6 Å². The molecule has 0 amide bonds. The molecule has 1 aliphatic rings. The van der Waals surface area contributed by atoms with Crippen molar-refractivity contribution in [2.24, 2.45) is 0 Å². The summed E-state index contributed by atoms with van der Waals surface area (Å²) in [5.74, 6) is -2.40. The Bertz CT molecular complexity index is 364. The van der Waals surface area contributed by atoms with Crippen molar-refractivity contribution in [3.05, 3.63) is 24.5 Å². The Kier molecular flexibility index (Phi) is 4.95. The van der Waals surface area contributed by atoms with E-state index in [1.807, 2.05) is 0 Å². The summed E-state index contributed by atoms with van der Waals surface area (Å²) in [5, 5.41) is 8.44. The van der Waals surface area contributed by atoms with Gasteiger partial charge in [0.2, 0.25) is 0 Å². The first-order valence-corrected chi connectivity index (χ1v) is 5.92. The molecule has 0 bridgehead atoms. The highest BCUT2D eigenvalue weighted by Crippen LogP contribution is 2.34. The molecule has 0 spiro atoms. The largest absolute Gasteiger partial charge is 0.478 e. The first-order valence-electron chi connectivity index (χ1n) is 5.92. The van der Waals surface area contributed by atoms with Crippen LogP contribution in [0.5, 0.6) is 0 Å². The van der Waals surface area contributed by atoms with Gasteiger partial charge in [0, 0.05) is 25.0 Å². The number of carboxylic acid groups (broad SMARTS) is 1. The van der Waals surface area contributed by atoms with Gasteiger partial charge in [-0.2, -0.15) is 0 Å². The average Bonchev–Trinajstić information content (AvgIpc) is 2.26. The second kappa shape index (κ2) is 6.23. The van der Waals surface area contributed by atoms with Crippen LogP contribution < -0.4 is 0 Å². The Hall–Kier alpha value is -1.78. The van der Waals surface area contributed by atoms with Crippen molar-refractivity contribution < 1.29 is 24.2 Å². The van der Waals surface area contributed by atoms with Gasteiger partial charge in [-0.05, 0) is 19.8 Å². The predicted octanol–water partition coefficient (Wildman–Crippen LogP) is 2.38. The third kappa shape index (κ3) is 4.61. The van der Waals surface area contributed by atoms with Crippen molar-refractivity contribution in [1.29, 1.82) is 0 Å². The van der Waals surface area contributed by atoms with E-state index in [1.165, 1.54) is 0 Å². The van der Waals surface area contributed by atoms with Crippen molar-refractivity contribution in [1.82, 2.24) is 0 Å². The third-order valence-corrected chi connectivity index (χ3v) is 2.62. The number of carbonyl (C=O) groups excluding carboxylic acids is 1. The van der Waals surface area contributed by atoms with E-state index in [0.29, 0.717) is 18.6 Å². The van der Waals surface area contributed by atoms with Crippen LogP contribution in [0.3, 0.4) is 0 Å². The van der Waals surface area contributed by atoms with Crippen molar-refractivity contribution in [2.75, 3.05) is 0 Å². The number of carboxylic acids is 1. The molecule has 5 nitrogen and oxygen atoms in total. The van der Waals surface area contributed by atoms with Crippen LogP contribution in [0.1, 0.15) is 39.0 Å². The lowest BCUT2D eigenvalue weighted by Gasteiger charge is -2.36. The lowest BCUT2D eigenvalue weighted by molar-refractivity contribution is -0.223. The van der Waals surface area contributed by atoms with Crippen molar-refractivity contribution in [3.8, 4) is 0 Å². The molecule has 0 atom stereocenters. The lowest BCUT2D eigenvalue weighted by Crippen LogP contribution is -2.39. The third-order valence-electron chi connectivity index (χ3n) is 2.62. The minimum atomic E-state index is -1.19. The molecule has 0 saturated heterocycles. The monoisotopic (exact) mass is 254 g/mol. The van der Waals surface area contributed by atoms with E-state index in [2.05, 4.69) is 6.58 Å².